The molecule has 0 aliphatic carbocycles. The minimum Gasteiger partial charge on any atom is -0.327 e. The van der Waals surface area contributed by atoms with Crippen LogP contribution in [0.3, 0.4) is 0 Å². The number of alkyl halides is 4. The van der Waals surface area contributed by atoms with E-state index in [-0.39, 0.29) is 18.1 Å². The number of pyridine rings is 1. The van der Waals surface area contributed by atoms with Gasteiger partial charge in [0.15, 0.2) is 0 Å². The van der Waals surface area contributed by atoms with Gasteiger partial charge < -0.3 is 4.90 Å². The molecule has 1 amide bonds. The van der Waals surface area contributed by atoms with E-state index < -0.39 is 24.4 Å². The maximum absolute atomic E-state index is 12.6. The summed E-state index contributed by atoms with van der Waals surface area (Å²) in [4.78, 5) is 15.7. The van der Waals surface area contributed by atoms with E-state index in [1.807, 2.05) is 0 Å². The Labute approximate surface area is 105 Å². The van der Waals surface area contributed by atoms with Gasteiger partial charge in [0.1, 0.15) is 18.1 Å². The molecule has 0 radical (unpaired) electrons. The minimum atomic E-state index is -4.53. The van der Waals surface area contributed by atoms with Gasteiger partial charge in [-0.2, -0.15) is 13.2 Å². The lowest BCUT2D eigenvalue weighted by Crippen LogP contribution is -2.40. The van der Waals surface area contributed by atoms with Crippen molar-refractivity contribution < 1.29 is 22.4 Å². The quantitative estimate of drug-likeness (QED) is 0.628. The number of carbonyl (C=O) groups is 1. The second-order valence-corrected chi connectivity index (χ2v) is 3.77. The summed E-state index contributed by atoms with van der Waals surface area (Å²) in [6.45, 7) is -1.68. The van der Waals surface area contributed by atoms with Crippen molar-refractivity contribution in [3.8, 4) is 0 Å². The van der Waals surface area contributed by atoms with Crippen LogP contribution in [0.4, 0.5) is 17.6 Å². The number of rotatable bonds is 4. The lowest BCUT2D eigenvalue weighted by Gasteiger charge is -2.22. The molecular weight excluding hydrogens is 276 g/mol. The summed E-state index contributed by atoms with van der Waals surface area (Å²) >= 11 is 5.34. The van der Waals surface area contributed by atoms with E-state index in [4.69, 9.17) is 11.6 Å². The zero-order valence-corrected chi connectivity index (χ0v) is 9.80. The summed E-state index contributed by atoms with van der Waals surface area (Å²) in [7, 11) is 0. The number of halogens is 5. The SMILES string of the molecule is O=C(c1ccc(F)cn1)N(CCCl)CC(F)(F)F. The number of hydrogen-bond acceptors (Lipinski definition) is 2. The predicted octanol–water partition coefficient (Wildman–Crippen LogP) is 2.46. The summed E-state index contributed by atoms with van der Waals surface area (Å²) in [6, 6.07) is 1.97. The van der Waals surface area contributed by atoms with Gasteiger partial charge in [-0.3, -0.25) is 4.79 Å². The maximum Gasteiger partial charge on any atom is 0.406 e. The third kappa shape index (κ3) is 4.48. The highest BCUT2D eigenvalue weighted by atomic mass is 35.5. The van der Waals surface area contributed by atoms with Gasteiger partial charge in [0, 0.05) is 12.4 Å². The average Bonchev–Trinajstić information content (AvgIpc) is 2.27. The monoisotopic (exact) mass is 284 g/mol. The predicted molar refractivity (Wildman–Crippen MR) is 56.9 cm³/mol. The van der Waals surface area contributed by atoms with Crippen LogP contribution in [0.2, 0.25) is 0 Å². The van der Waals surface area contributed by atoms with Crippen LogP contribution in [0, 0.1) is 5.82 Å². The molecule has 1 heterocycles. The summed E-state index contributed by atoms with van der Waals surface area (Å²) in [6.07, 6.45) is -3.76. The van der Waals surface area contributed by atoms with E-state index in [1.54, 1.807) is 0 Å². The average molecular weight is 285 g/mol. The molecule has 18 heavy (non-hydrogen) atoms. The Morgan fingerprint density at radius 2 is 2.06 bits per heavy atom. The largest absolute Gasteiger partial charge is 0.406 e. The Morgan fingerprint density at radius 1 is 1.39 bits per heavy atom. The molecule has 0 fully saturated rings. The highest BCUT2D eigenvalue weighted by molar-refractivity contribution is 6.18. The van der Waals surface area contributed by atoms with Crippen molar-refractivity contribution >= 4 is 17.5 Å². The van der Waals surface area contributed by atoms with Crippen LogP contribution in [0.5, 0.6) is 0 Å². The molecule has 0 aliphatic heterocycles. The lowest BCUT2D eigenvalue weighted by molar-refractivity contribution is -0.140. The zero-order valence-electron chi connectivity index (χ0n) is 9.05. The van der Waals surface area contributed by atoms with Gasteiger partial charge in [0.25, 0.3) is 5.91 Å². The number of aromatic nitrogens is 1. The highest BCUT2D eigenvalue weighted by Gasteiger charge is 2.33. The molecule has 1 aromatic heterocycles. The Hall–Kier alpha value is -1.37. The van der Waals surface area contributed by atoms with Gasteiger partial charge in [0.05, 0.1) is 6.20 Å². The molecule has 0 aliphatic rings. The molecule has 1 rings (SSSR count). The van der Waals surface area contributed by atoms with Crippen LogP contribution in [0.1, 0.15) is 10.5 Å². The van der Waals surface area contributed by atoms with Crippen LogP contribution in [0.25, 0.3) is 0 Å². The van der Waals surface area contributed by atoms with Gasteiger partial charge in [-0.05, 0) is 12.1 Å². The molecule has 0 unspecified atom stereocenters. The van der Waals surface area contributed by atoms with Crippen LogP contribution in [0.15, 0.2) is 18.3 Å². The second-order valence-electron chi connectivity index (χ2n) is 3.39. The van der Waals surface area contributed by atoms with Gasteiger partial charge in [-0.15, -0.1) is 11.6 Å². The van der Waals surface area contributed by atoms with Gasteiger partial charge in [-0.1, -0.05) is 0 Å². The zero-order chi connectivity index (χ0) is 13.8. The molecule has 0 aromatic carbocycles. The molecule has 0 N–H and O–H groups in total. The molecule has 8 heteroatoms. The molecule has 0 atom stereocenters. The van der Waals surface area contributed by atoms with Crippen molar-refractivity contribution in [1.82, 2.24) is 9.88 Å². The standard InChI is InChI=1S/C10H9ClF4N2O/c11-3-4-17(6-10(13,14)15)9(18)8-2-1-7(12)5-16-8/h1-2,5H,3-4,6H2. The Balaban J connectivity index is 2.85. The number of hydrogen-bond donors (Lipinski definition) is 0. The van der Waals surface area contributed by atoms with Crippen LogP contribution < -0.4 is 0 Å². The number of nitrogens with zero attached hydrogens (tertiary/aromatic N) is 2. The first kappa shape index (κ1) is 14.7. The molecule has 3 nitrogen and oxygen atoms in total. The fraction of sp³-hybridized carbons (Fsp3) is 0.400. The van der Waals surface area contributed by atoms with E-state index in [2.05, 4.69) is 4.98 Å². The second kappa shape index (κ2) is 5.99. The van der Waals surface area contributed by atoms with Crippen LogP contribution in [-0.4, -0.2) is 40.9 Å². The van der Waals surface area contributed by atoms with Gasteiger partial charge >= 0.3 is 6.18 Å². The smallest absolute Gasteiger partial charge is 0.327 e. The highest BCUT2D eigenvalue weighted by Crippen LogP contribution is 2.17. The lowest BCUT2D eigenvalue weighted by atomic mass is 10.3. The van der Waals surface area contributed by atoms with Crippen molar-refractivity contribution in [2.45, 2.75) is 6.18 Å². The van der Waals surface area contributed by atoms with E-state index in [1.165, 1.54) is 0 Å². The van der Waals surface area contributed by atoms with E-state index in [9.17, 15) is 22.4 Å². The molecule has 0 saturated heterocycles. The normalized spacial score (nSPS) is 11.4. The third-order valence-corrected chi connectivity index (χ3v) is 2.13. The Bertz CT molecular complexity index is 407. The third-order valence-electron chi connectivity index (χ3n) is 1.96. The molecular formula is C10H9ClF4N2O. The molecule has 100 valence electrons. The fourth-order valence-corrected chi connectivity index (χ4v) is 1.44. The summed E-state index contributed by atoms with van der Waals surface area (Å²) < 4.78 is 49.3. The molecule has 0 saturated carbocycles. The van der Waals surface area contributed by atoms with E-state index in [0.29, 0.717) is 4.90 Å². The van der Waals surface area contributed by atoms with Crippen molar-refractivity contribution in [3.05, 3.63) is 29.8 Å². The van der Waals surface area contributed by atoms with Gasteiger partial charge in [-0.25, -0.2) is 9.37 Å². The first-order valence-electron chi connectivity index (χ1n) is 4.87. The van der Waals surface area contributed by atoms with Gasteiger partial charge in [0.2, 0.25) is 0 Å². The maximum atomic E-state index is 12.6. The first-order valence-corrected chi connectivity index (χ1v) is 5.40. The summed E-state index contributed by atoms with van der Waals surface area (Å²) in [5, 5.41) is 0. The van der Waals surface area contributed by atoms with Crippen molar-refractivity contribution in [1.29, 1.82) is 0 Å². The summed E-state index contributed by atoms with van der Waals surface area (Å²) in [5.74, 6) is -1.75. The van der Waals surface area contributed by atoms with Crippen molar-refractivity contribution in [2.75, 3.05) is 19.0 Å². The fourth-order valence-electron chi connectivity index (χ4n) is 1.24. The molecule has 0 spiro atoms. The van der Waals surface area contributed by atoms with E-state index in [0.717, 1.165) is 18.3 Å². The topological polar surface area (TPSA) is 33.2 Å². The van der Waals surface area contributed by atoms with E-state index >= 15 is 0 Å². The summed E-state index contributed by atoms with van der Waals surface area (Å²) in [5.41, 5.74) is -0.259. The Morgan fingerprint density at radius 3 is 2.50 bits per heavy atom. The van der Waals surface area contributed by atoms with Crippen molar-refractivity contribution in [2.24, 2.45) is 0 Å². The van der Waals surface area contributed by atoms with Crippen molar-refractivity contribution in [3.63, 3.8) is 0 Å². The minimum absolute atomic E-state index is 0.136. The van der Waals surface area contributed by atoms with Crippen LogP contribution in [-0.2, 0) is 0 Å². The van der Waals surface area contributed by atoms with Crippen LogP contribution >= 0.6 is 11.6 Å². The number of carbonyl (C=O) groups excluding carboxylic acids is 1. The number of amides is 1. The first-order chi connectivity index (χ1) is 8.33. The molecule has 1 aromatic rings. The Kier molecular flexibility index (Phi) is 4.89. The molecule has 0 bridgehead atoms.